The van der Waals surface area contributed by atoms with Crippen LogP contribution < -0.4 is 0 Å². The largest absolute Gasteiger partial charge is 0.465 e. The van der Waals surface area contributed by atoms with E-state index in [0.29, 0.717) is 18.9 Å². The lowest BCUT2D eigenvalue weighted by Crippen LogP contribution is -2.22. The van der Waals surface area contributed by atoms with Gasteiger partial charge >= 0.3 is 5.97 Å². The van der Waals surface area contributed by atoms with Gasteiger partial charge in [-0.25, -0.2) is 9.78 Å². The number of ether oxygens (including phenoxy) is 2. The molecule has 0 aliphatic carbocycles. The molecule has 0 aliphatic heterocycles. The van der Waals surface area contributed by atoms with Gasteiger partial charge in [0, 0.05) is 44.4 Å². The van der Waals surface area contributed by atoms with Crippen LogP contribution in [0.15, 0.2) is 68.0 Å². The number of carbonyl (C=O) groups is 1. The van der Waals surface area contributed by atoms with Crippen molar-refractivity contribution < 1.29 is 14.3 Å². The molecule has 0 fully saturated rings. The zero-order valence-corrected chi connectivity index (χ0v) is 27.3. The maximum atomic E-state index is 12.4. The monoisotopic (exact) mass is 716 g/mol. The molecule has 9 heteroatoms. The third kappa shape index (κ3) is 5.23. The average Bonchev–Trinajstić information content (AvgIpc) is 3.24. The molecule has 0 amide bonds. The highest BCUT2D eigenvalue weighted by atomic mass is 79.9. The first-order chi connectivity index (χ1) is 18.1. The SMILES string of the molecule is COC(=O)c1ccc2c(c1)c1cc(Br)ccc1c1nc(-c3c(Br)cccc3Br)n(COCC[Si](C)(C)C)c21. The molecular formula is C29H27Br3N2O3Si. The van der Waals surface area contributed by atoms with E-state index in [2.05, 4.69) is 84.1 Å². The number of esters is 1. The summed E-state index contributed by atoms with van der Waals surface area (Å²) in [6.45, 7) is 8.10. The second-order valence-electron chi connectivity index (χ2n) is 10.4. The van der Waals surface area contributed by atoms with Crippen LogP contribution in [-0.4, -0.2) is 37.3 Å². The molecule has 0 radical (unpaired) electrons. The Bertz CT molecular complexity index is 1690. The van der Waals surface area contributed by atoms with E-state index >= 15 is 0 Å². The molecule has 5 aromatic rings. The number of fused-ring (bicyclic) bond motifs is 6. The van der Waals surface area contributed by atoms with Crippen molar-refractivity contribution in [3.63, 3.8) is 0 Å². The molecule has 4 aromatic carbocycles. The molecule has 0 saturated carbocycles. The molecule has 0 saturated heterocycles. The first-order valence-corrected chi connectivity index (χ1v) is 18.3. The number of aromatic nitrogens is 2. The summed E-state index contributed by atoms with van der Waals surface area (Å²) < 4.78 is 16.3. The van der Waals surface area contributed by atoms with Crippen LogP contribution in [0.25, 0.3) is 44.0 Å². The van der Waals surface area contributed by atoms with Crippen LogP contribution >= 0.6 is 47.8 Å². The molecule has 5 rings (SSSR count). The Kier molecular flexibility index (Phi) is 7.86. The van der Waals surface area contributed by atoms with E-state index in [-0.39, 0.29) is 5.97 Å². The Labute approximate surface area is 247 Å². The minimum Gasteiger partial charge on any atom is -0.465 e. The predicted octanol–water partition coefficient (Wildman–Crippen LogP) is 9.40. The van der Waals surface area contributed by atoms with Gasteiger partial charge in [0.15, 0.2) is 0 Å². The van der Waals surface area contributed by atoms with Gasteiger partial charge < -0.3 is 9.47 Å². The summed E-state index contributed by atoms with van der Waals surface area (Å²) in [4.78, 5) is 17.7. The van der Waals surface area contributed by atoms with Crippen LogP contribution in [0.4, 0.5) is 0 Å². The molecule has 0 unspecified atom stereocenters. The minimum atomic E-state index is -1.25. The lowest BCUT2D eigenvalue weighted by Gasteiger charge is -2.17. The zero-order chi connectivity index (χ0) is 27.2. The molecule has 0 aliphatic rings. The van der Waals surface area contributed by atoms with Crippen molar-refractivity contribution in [2.24, 2.45) is 0 Å². The summed E-state index contributed by atoms with van der Waals surface area (Å²) in [5, 5.41) is 3.96. The lowest BCUT2D eigenvalue weighted by atomic mass is 9.98. The first-order valence-electron chi connectivity index (χ1n) is 12.2. The molecule has 5 nitrogen and oxygen atoms in total. The number of imidazole rings is 1. The van der Waals surface area contributed by atoms with E-state index in [1.165, 1.54) is 7.11 Å². The molecule has 38 heavy (non-hydrogen) atoms. The normalized spacial score (nSPS) is 12.1. The summed E-state index contributed by atoms with van der Waals surface area (Å²) in [6, 6.07) is 19.0. The summed E-state index contributed by atoms with van der Waals surface area (Å²) in [7, 11) is 0.154. The third-order valence-electron chi connectivity index (χ3n) is 6.59. The topological polar surface area (TPSA) is 53.3 Å². The summed E-state index contributed by atoms with van der Waals surface area (Å²) in [6.07, 6.45) is 0. The van der Waals surface area contributed by atoms with E-state index in [9.17, 15) is 4.79 Å². The molecule has 1 heterocycles. The van der Waals surface area contributed by atoms with Crippen LogP contribution in [0, 0.1) is 0 Å². The number of carbonyl (C=O) groups excluding carboxylic acids is 1. The quantitative estimate of drug-likeness (QED) is 0.0729. The smallest absolute Gasteiger partial charge is 0.337 e. The van der Waals surface area contributed by atoms with Gasteiger partial charge in [0.1, 0.15) is 12.6 Å². The molecular weight excluding hydrogens is 692 g/mol. The van der Waals surface area contributed by atoms with Crippen molar-refractivity contribution in [1.29, 1.82) is 0 Å². The number of benzene rings is 4. The second-order valence-corrected chi connectivity index (χ2v) is 18.7. The summed E-state index contributed by atoms with van der Waals surface area (Å²) in [5.41, 5.74) is 3.32. The van der Waals surface area contributed by atoms with Crippen molar-refractivity contribution in [3.8, 4) is 11.4 Å². The van der Waals surface area contributed by atoms with E-state index in [0.717, 1.165) is 63.4 Å². The van der Waals surface area contributed by atoms with Gasteiger partial charge in [-0.3, -0.25) is 4.57 Å². The van der Waals surface area contributed by atoms with E-state index in [4.69, 9.17) is 14.5 Å². The van der Waals surface area contributed by atoms with Crippen molar-refractivity contribution >= 4 is 94.4 Å². The average molecular weight is 719 g/mol. The number of methoxy groups -OCH3 is 1. The zero-order valence-electron chi connectivity index (χ0n) is 21.6. The maximum absolute atomic E-state index is 12.4. The van der Waals surface area contributed by atoms with Gasteiger partial charge in [0.05, 0.1) is 23.7 Å². The van der Waals surface area contributed by atoms with Crippen LogP contribution in [0.1, 0.15) is 10.4 Å². The summed E-state index contributed by atoms with van der Waals surface area (Å²) in [5.74, 6) is 0.442. The van der Waals surface area contributed by atoms with Gasteiger partial charge in [-0.1, -0.05) is 53.8 Å². The predicted molar refractivity (Wildman–Crippen MR) is 169 cm³/mol. The van der Waals surface area contributed by atoms with E-state index in [1.54, 1.807) is 0 Å². The molecule has 0 bridgehead atoms. The maximum Gasteiger partial charge on any atom is 0.337 e. The number of hydrogen-bond donors (Lipinski definition) is 0. The molecule has 196 valence electrons. The Morgan fingerprint density at radius 1 is 0.921 bits per heavy atom. The Hall–Kier alpha value is -2.04. The first kappa shape index (κ1) is 27.5. The van der Waals surface area contributed by atoms with Gasteiger partial charge in [-0.2, -0.15) is 0 Å². The lowest BCUT2D eigenvalue weighted by molar-refractivity contribution is 0.0601. The van der Waals surface area contributed by atoms with E-state index in [1.807, 2.05) is 42.5 Å². The third-order valence-corrected chi connectivity index (χ3v) is 10.1. The van der Waals surface area contributed by atoms with Gasteiger partial charge in [0.2, 0.25) is 0 Å². The van der Waals surface area contributed by atoms with Crippen molar-refractivity contribution in [2.75, 3.05) is 13.7 Å². The van der Waals surface area contributed by atoms with Crippen LogP contribution in [-0.2, 0) is 16.2 Å². The highest BCUT2D eigenvalue weighted by Crippen LogP contribution is 2.42. The Morgan fingerprint density at radius 3 is 2.29 bits per heavy atom. The fourth-order valence-electron chi connectivity index (χ4n) is 4.64. The highest BCUT2D eigenvalue weighted by Gasteiger charge is 2.23. The number of rotatable bonds is 7. The highest BCUT2D eigenvalue weighted by molar-refractivity contribution is 9.11. The van der Waals surface area contributed by atoms with Gasteiger partial charge in [-0.05, 0) is 85.1 Å². The van der Waals surface area contributed by atoms with E-state index < -0.39 is 8.07 Å². The number of hydrogen-bond acceptors (Lipinski definition) is 4. The molecule has 1 aromatic heterocycles. The molecule has 0 N–H and O–H groups in total. The minimum absolute atomic E-state index is 0.361. The van der Waals surface area contributed by atoms with Crippen LogP contribution in [0.3, 0.4) is 0 Å². The Morgan fingerprint density at radius 2 is 1.61 bits per heavy atom. The van der Waals surface area contributed by atoms with Crippen LogP contribution in [0.2, 0.25) is 25.7 Å². The Balaban J connectivity index is 1.85. The second kappa shape index (κ2) is 10.8. The number of nitrogens with zero attached hydrogens (tertiary/aromatic N) is 2. The fourth-order valence-corrected chi connectivity index (χ4v) is 7.11. The molecule has 0 spiro atoms. The number of halogens is 3. The van der Waals surface area contributed by atoms with Crippen LogP contribution in [0.5, 0.6) is 0 Å². The van der Waals surface area contributed by atoms with Gasteiger partial charge in [0.25, 0.3) is 0 Å². The van der Waals surface area contributed by atoms with Crippen molar-refractivity contribution in [1.82, 2.24) is 9.55 Å². The fraction of sp³-hybridized carbons (Fsp3) is 0.241. The van der Waals surface area contributed by atoms with Gasteiger partial charge in [-0.15, -0.1) is 0 Å². The standard InChI is InChI=1S/C29H27Br3N2O3Si/c1-36-29(35)17-8-10-20-21(14-17)22-15-18(30)9-11-19(22)26-27(20)34(16-37-12-13-38(2,3)4)28(33-26)25-23(31)6-5-7-24(25)32/h5-11,14-15H,12-13,16H2,1-4H3. The van der Waals surface area contributed by atoms with Crippen molar-refractivity contribution in [2.45, 2.75) is 32.4 Å². The molecule has 0 atom stereocenters. The summed E-state index contributed by atoms with van der Waals surface area (Å²) >= 11 is 11.1. The van der Waals surface area contributed by atoms with Crippen molar-refractivity contribution in [3.05, 3.63) is 73.6 Å².